The first-order valence-corrected chi connectivity index (χ1v) is 11.8. The molecule has 2 aromatic carbocycles. The van der Waals surface area contributed by atoms with Crippen molar-refractivity contribution in [2.45, 2.75) is 19.8 Å². The Morgan fingerprint density at radius 1 is 1.12 bits per heavy atom. The van der Waals surface area contributed by atoms with E-state index in [1.165, 1.54) is 0 Å². The molecule has 0 fully saturated rings. The number of hydrogen-bond acceptors (Lipinski definition) is 6. The molecule has 0 bridgehead atoms. The van der Waals surface area contributed by atoms with Gasteiger partial charge in [-0.2, -0.15) is 11.3 Å². The number of aromatic nitrogens is 2. The number of hydrogen-bond donors (Lipinski definition) is 2. The van der Waals surface area contributed by atoms with Crippen LogP contribution in [0.5, 0.6) is 5.75 Å². The maximum atomic E-state index is 12.5. The molecular weight excluding hydrogens is 444 g/mol. The number of nitrogens with zero attached hydrogens (tertiary/aromatic N) is 2. The van der Waals surface area contributed by atoms with Gasteiger partial charge in [-0.25, -0.2) is 9.97 Å². The summed E-state index contributed by atoms with van der Waals surface area (Å²) in [4.78, 5) is 22.0. The standard InChI is InChI=1S/C27H26N4O2S/c1-4-7-22-18(2)28-26(20-14-15-34-17-20)31-27(22)29-21-12-10-19(11-13-21)16-25(32)30-23-8-5-6-9-24(23)33-3/h4-6,8-15,17H,1,7,16H2,2-3H3,(H,30,32)(H,28,29,31). The fourth-order valence-corrected chi connectivity index (χ4v) is 4.21. The zero-order valence-corrected chi connectivity index (χ0v) is 20.0. The summed E-state index contributed by atoms with van der Waals surface area (Å²) in [5.41, 5.74) is 5.37. The lowest BCUT2D eigenvalue weighted by atomic mass is 10.1. The van der Waals surface area contributed by atoms with E-state index in [4.69, 9.17) is 9.72 Å². The Kier molecular flexibility index (Phi) is 7.34. The van der Waals surface area contributed by atoms with Gasteiger partial charge in [0.2, 0.25) is 5.91 Å². The van der Waals surface area contributed by atoms with Gasteiger partial charge in [-0.15, -0.1) is 6.58 Å². The third kappa shape index (κ3) is 5.50. The molecule has 0 aliphatic rings. The molecule has 2 N–H and O–H groups in total. The van der Waals surface area contributed by atoms with Gasteiger partial charge in [0.1, 0.15) is 11.6 Å². The topological polar surface area (TPSA) is 76.1 Å². The Labute approximate surface area is 203 Å². The number of anilines is 3. The van der Waals surface area contributed by atoms with E-state index in [0.717, 1.165) is 33.9 Å². The Bertz CT molecular complexity index is 1280. The lowest BCUT2D eigenvalue weighted by molar-refractivity contribution is -0.115. The maximum Gasteiger partial charge on any atom is 0.228 e. The molecule has 0 aliphatic carbocycles. The van der Waals surface area contributed by atoms with E-state index >= 15 is 0 Å². The van der Waals surface area contributed by atoms with Crippen molar-refractivity contribution in [2.75, 3.05) is 17.7 Å². The molecule has 4 aromatic rings. The maximum absolute atomic E-state index is 12.5. The minimum atomic E-state index is -0.106. The highest BCUT2D eigenvalue weighted by Gasteiger charge is 2.13. The molecule has 172 valence electrons. The number of benzene rings is 2. The Hall–Kier alpha value is -3.97. The van der Waals surface area contributed by atoms with Crippen LogP contribution in [0.25, 0.3) is 11.4 Å². The Morgan fingerprint density at radius 3 is 2.62 bits per heavy atom. The van der Waals surface area contributed by atoms with Crippen molar-refractivity contribution >= 4 is 34.4 Å². The summed E-state index contributed by atoms with van der Waals surface area (Å²) in [7, 11) is 1.58. The first-order chi connectivity index (χ1) is 16.6. The quantitative estimate of drug-likeness (QED) is 0.286. The van der Waals surface area contributed by atoms with Crippen LogP contribution in [-0.2, 0) is 17.6 Å². The fourth-order valence-electron chi connectivity index (χ4n) is 3.58. The van der Waals surface area contributed by atoms with Crippen molar-refractivity contribution in [1.29, 1.82) is 0 Å². The number of para-hydroxylation sites is 2. The van der Waals surface area contributed by atoms with Crippen molar-refractivity contribution in [3.8, 4) is 17.1 Å². The van der Waals surface area contributed by atoms with Crippen molar-refractivity contribution < 1.29 is 9.53 Å². The minimum absolute atomic E-state index is 0.106. The summed E-state index contributed by atoms with van der Waals surface area (Å²) in [6.45, 7) is 5.86. The largest absolute Gasteiger partial charge is 0.495 e. The van der Waals surface area contributed by atoms with Gasteiger partial charge in [0, 0.05) is 27.9 Å². The van der Waals surface area contributed by atoms with Crippen molar-refractivity contribution in [1.82, 2.24) is 9.97 Å². The van der Waals surface area contributed by atoms with E-state index < -0.39 is 0 Å². The van der Waals surface area contributed by atoms with Crippen molar-refractivity contribution in [3.05, 3.63) is 94.8 Å². The number of carbonyl (C=O) groups is 1. The van der Waals surface area contributed by atoms with Crippen LogP contribution in [0.15, 0.2) is 78.0 Å². The van der Waals surface area contributed by atoms with Gasteiger partial charge in [-0.1, -0.05) is 30.3 Å². The summed E-state index contributed by atoms with van der Waals surface area (Å²) < 4.78 is 5.30. The monoisotopic (exact) mass is 470 g/mol. The third-order valence-corrected chi connectivity index (χ3v) is 5.99. The number of aryl methyl sites for hydroxylation is 1. The normalized spacial score (nSPS) is 10.5. The van der Waals surface area contributed by atoms with Crippen LogP contribution >= 0.6 is 11.3 Å². The molecule has 0 unspecified atom stereocenters. The molecule has 0 radical (unpaired) electrons. The predicted molar refractivity (Wildman–Crippen MR) is 139 cm³/mol. The number of nitrogens with one attached hydrogen (secondary N) is 2. The Balaban J connectivity index is 1.49. The molecule has 2 heterocycles. The van der Waals surface area contributed by atoms with Crippen LogP contribution in [0.2, 0.25) is 0 Å². The number of carbonyl (C=O) groups excluding carboxylic acids is 1. The SMILES string of the molecule is C=CCc1c(C)nc(-c2ccsc2)nc1Nc1ccc(CC(=O)Nc2ccccc2OC)cc1. The highest BCUT2D eigenvalue weighted by atomic mass is 32.1. The van der Waals surface area contributed by atoms with Gasteiger partial charge in [-0.3, -0.25) is 4.79 Å². The van der Waals surface area contributed by atoms with E-state index in [9.17, 15) is 4.79 Å². The summed E-state index contributed by atoms with van der Waals surface area (Å²) >= 11 is 1.62. The number of thiophene rings is 1. The predicted octanol–water partition coefficient (Wildman–Crippen LogP) is 6.18. The van der Waals surface area contributed by atoms with E-state index in [-0.39, 0.29) is 12.3 Å². The zero-order valence-electron chi connectivity index (χ0n) is 19.2. The lowest BCUT2D eigenvalue weighted by Gasteiger charge is -2.14. The van der Waals surface area contributed by atoms with Crippen LogP contribution in [0.4, 0.5) is 17.2 Å². The molecule has 1 amide bonds. The van der Waals surface area contributed by atoms with Crippen LogP contribution in [0.1, 0.15) is 16.8 Å². The van der Waals surface area contributed by atoms with Gasteiger partial charge in [-0.05, 0) is 54.6 Å². The first-order valence-electron chi connectivity index (χ1n) is 10.9. The van der Waals surface area contributed by atoms with E-state index in [0.29, 0.717) is 23.7 Å². The van der Waals surface area contributed by atoms with Crippen LogP contribution in [0.3, 0.4) is 0 Å². The first kappa shape index (κ1) is 23.2. The van der Waals surface area contributed by atoms with E-state index in [1.807, 2.05) is 78.4 Å². The number of methoxy groups -OCH3 is 1. The molecule has 4 rings (SSSR count). The molecule has 0 spiro atoms. The zero-order chi connectivity index (χ0) is 23.9. The highest BCUT2D eigenvalue weighted by molar-refractivity contribution is 7.08. The van der Waals surface area contributed by atoms with Gasteiger partial charge in [0.15, 0.2) is 5.82 Å². The third-order valence-electron chi connectivity index (χ3n) is 5.30. The number of allylic oxidation sites excluding steroid dienone is 1. The van der Waals surface area contributed by atoms with Gasteiger partial charge in [0.05, 0.1) is 19.2 Å². The van der Waals surface area contributed by atoms with Gasteiger partial charge in [0.25, 0.3) is 0 Å². The molecule has 7 heteroatoms. The number of ether oxygens (including phenoxy) is 1. The summed E-state index contributed by atoms with van der Waals surface area (Å²) in [5, 5.41) is 10.4. The molecular formula is C27H26N4O2S. The molecule has 0 saturated carbocycles. The van der Waals surface area contributed by atoms with Crippen molar-refractivity contribution in [3.63, 3.8) is 0 Å². The summed E-state index contributed by atoms with van der Waals surface area (Å²) in [6, 6.07) is 17.1. The average Bonchev–Trinajstić information content (AvgIpc) is 3.38. The minimum Gasteiger partial charge on any atom is -0.495 e. The average molecular weight is 471 g/mol. The molecule has 0 saturated heterocycles. The molecule has 0 atom stereocenters. The molecule has 34 heavy (non-hydrogen) atoms. The smallest absolute Gasteiger partial charge is 0.228 e. The van der Waals surface area contributed by atoms with E-state index in [2.05, 4.69) is 22.2 Å². The van der Waals surface area contributed by atoms with Crippen LogP contribution in [0, 0.1) is 6.92 Å². The number of rotatable bonds is 9. The summed E-state index contributed by atoms with van der Waals surface area (Å²) in [5.74, 6) is 1.98. The van der Waals surface area contributed by atoms with Crippen molar-refractivity contribution in [2.24, 2.45) is 0 Å². The van der Waals surface area contributed by atoms with Gasteiger partial charge >= 0.3 is 0 Å². The molecule has 6 nitrogen and oxygen atoms in total. The second kappa shape index (κ2) is 10.8. The fraction of sp³-hybridized carbons (Fsp3) is 0.148. The van der Waals surface area contributed by atoms with Crippen LogP contribution in [-0.4, -0.2) is 23.0 Å². The highest BCUT2D eigenvalue weighted by Crippen LogP contribution is 2.27. The molecule has 0 aliphatic heterocycles. The number of amides is 1. The summed E-state index contributed by atoms with van der Waals surface area (Å²) in [6.07, 6.45) is 2.78. The van der Waals surface area contributed by atoms with E-state index in [1.54, 1.807) is 18.4 Å². The second-order valence-corrected chi connectivity index (χ2v) is 8.49. The van der Waals surface area contributed by atoms with Gasteiger partial charge < -0.3 is 15.4 Å². The lowest BCUT2D eigenvalue weighted by Crippen LogP contribution is -2.15. The molecule has 2 aromatic heterocycles. The second-order valence-electron chi connectivity index (χ2n) is 7.71. The Morgan fingerprint density at radius 2 is 1.91 bits per heavy atom. The van der Waals surface area contributed by atoms with Crippen LogP contribution < -0.4 is 15.4 Å².